The maximum absolute atomic E-state index is 11.0. The van der Waals surface area contributed by atoms with E-state index in [9.17, 15) is 9.70 Å². The second-order valence-corrected chi connectivity index (χ2v) is 4.69. The highest BCUT2D eigenvalue weighted by Crippen LogP contribution is 2.34. The van der Waals surface area contributed by atoms with Gasteiger partial charge >= 0.3 is 0 Å². The molecule has 2 rings (SSSR count). The van der Waals surface area contributed by atoms with E-state index in [1.807, 2.05) is 0 Å². The van der Waals surface area contributed by atoms with Gasteiger partial charge in [0.2, 0.25) is 5.91 Å². The number of nitrogens with zero attached hydrogens (tertiary/aromatic N) is 2. The van der Waals surface area contributed by atoms with Crippen molar-refractivity contribution in [3.63, 3.8) is 0 Å². The number of hydrogen-bond donors (Lipinski definition) is 1. The molecule has 1 N–H and O–H groups in total. The first-order valence-electron chi connectivity index (χ1n) is 6.13. The minimum Gasteiger partial charge on any atom is -0.353 e. The summed E-state index contributed by atoms with van der Waals surface area (Å²) in [4.78, 5) is 23.4. The maximum atomic E-state index is 11.0. The van der Waals surface area contributed by atoms with E-state index < -0.39 is 0 Å². The molecule has 2 bridgehead atoms. The number of fused-ring (bicyclic) bond motifs is 2. The van der Waals surface area contributed by atoms with Gasteiger partial charge in [0.25, 0.3) is 0 Å². The Bertz CT molecular complexity index is 254. The largest absolute Gasteiger partial charge is 0.353 e. The van der Waals surface area contributed by atoms with Crippen molar-refractivity contribution >= 4 is 5.91 Å². The summed E-state index contributed by atoms with van der Waals surface area (Å²) in [6.45, 7) is 1.30. The van der Waals surface area contributed by atoms with E-state index in [-0.39, 0.29) is 12.5 Å². The Hall–Kier alpha value is -0.970. The molecule has 0 aromatic heterocycles. The number of hydrogen-bond acceptors (Lipinski definition) is 4. The quantitative estimate of drug-likeness (QED) is 0.707. The average Bonchev–Trinajstić information content (AvgIpc) is 2.50. The fraction of sp³-hybridized carbons (Fsp3) is 0.909. The van der Waals surface area contributed by atoms with Crippen LogP contribution in [0.25, 0.3) is 0 Å². The Morgan fingerprint density at radius 1 is 1.25 bits per heavy atom. The van der Waals surface area contributed by atoms with Gasteiger partial charge in [-0.25, -0.2) is 0 Å². The van der Waals surface area contributed by atoms with Crippen LogP contribution in [0.4, 0.5) is 0 Å². The van der Waals surface area contributed by atoms with E-state index in [0.717, 1.165) is 18.6 Å². The molecule has 2 unspecified atom stereocenters. The third-order valence-electron chi connectivity index (χ3n) is 3.75. The zero-order chi connectivity index (χ0) is 11.4. The molecule has 90 valence electrons. The number of nitroso groups, excluding NO2 is 1. The molecule has 2 aliphatic heterocycles. The first kappa shape index (κ1) is 11.5. The molecule has 0 radical (unpaired) electrons. The summed E-state index contributed by atoms with van der Waals surface area (Å²) in [7, 11) is 0. The number of nitrogens with one attached hydrogen (secondary N) is 1. The molecule has 0 saturated carbocycles. The lowest BCUT2D eigenvalue weighted by atomic mass is 10.0. The van der Waals surface area contributed by atoms with Gasteiger partial charge in [-0.1, -0.05) is 11.6 Å². The first-order valence-corrected chi connectivity index (χ1v) is 6.13. The van der Waals surface area contributed by atoms with E-state index in [1.54, 1.807) is 0 Å². The Kier molecular flexibility index (Phi) is 3.88. The van der Waals surface area contributed by atoms with Crippen molar-refractivity contribution in [2.75, 3.05) is 19.6 Å². The van der Waals surface area contributed by atoms with Crippen LogP contribution in [0.15, 0.2) is 5.18 Å². The van der Waals surface area contributed by atoms with Crippen molar-refractivity contribution in [1.29, 1.82) is 0 Å². The molecule has 2 saturated heterocycles. The highest BCUT2D eigenvalue weighted by atomic mass is 16.3. The molecule has 0 aliphatic carbocycles. The molecule has 1 amide bonds. The fourth-order valence-electron chi connectivity index (χ4n) is 3.03. The first-order chi connectivity index (χ1) is 7.81. The summed E-state index contributed by atoms with van der Waals surface area (Å²) in [6.07, 6.45) is 6.59. The van der Waals surface area contributed by atoms with E-state index in [4.69, 9.17) is 0 Å². The van der Waals surface area contributed by atoms with Gasteiger partial charge in [0.05, 0.1) is 0 Å². The Morgan fingerprint density at radius 2 is 1.94 bits per heavy atom. The number of carbonyl (C=O) groups excluding carboxylic acids is 1. The molecule has 2 fully saturated rings. The van der Waals surface area contributed by atoms with Gasteiger partial charge in [0, 0.05) is 25.2 Å². The van der Waals surface area contributed by atoms with Crippen LogP contribution in [-0.4, -0.2) is 42.5 Å². The van der Waals surface area contributed by atoms with Crippen LogP contribution in [0, 0.1) is 4.91 Å². The molecular formula is C11H19N3O2. The third kappa shape index (κ3) is 2.58. The normalized spacial score (nSPS) is 29.0. The summed E-state index contributed by atoms with van der Waals surface area (Å²) < 4.78 is 0. The van der Waals surface area contributed by atoms with Crippen LogP contribution in [0.1, 0.15) is 32.1 Å². The van der Waals surface area contributed by atoms with Crippen molar-refractivity contribution in [3.05, 3.63) is 4.91 Å². The van der Waals surface area contributed by atoms with Crippen molar-refractivity contribution in [2.24, 2.45) is 5.18 Å². The smallest absolute Gasteiger partial charge is 0.245 e. The molecule has 16 heavy (non-hydrogen) atoms. The van der Waals surface area contributed by atoms with Gasteiger partial charge < -0.3 is 5.32 Å². The Labute approximate surface area is 95.5 Å². The lowest BCUT2D eigenvalue weighted by Gasteiger charge is -2.34. The van der Waals surface area contributed by atoms with E-state index >= 15 is 0 Å². The number of rotatable bonds is 5. The molecule has 2 atom stereocenters. The van der Waals surface area contributed by atoms with E-state index in [2.05, 4.69) is 15.4 Å². The summed E-state index contributed by atoms with van der Waals surface area (Å²) in [6, 6.07) is 1.47. The van der Waals surface area contributed by atoms with Gasteiger partial charge in [0.1, 0.15) is 0 Å². The molecule has 5 heteroatoms. The Morgan fingerprint density at radius 3 is 2.56 bits per heavy atom. The average molecular weight is 225 g/mol. The zero-order valence-corrected chi connectivity index (χ0v) is 9.52. The zero-order valence-electron chi connectivity index (χ0n) is 9.52. The van der Waals surface area contributed by atoms with E-state index in [0.29, 0.717) is 6.54 Å². The topological polar surface area (TPSA) is 61.8 Å². The third-order valence-corrected chi connectivity index (χ3v) is 3.75. The van der Waals surface area contributed by atoms with Crippen LogP contribution in [0.3, 0.4) is 0 Å². The summed E-state index contributed by atoms with van der Waals surface area (Å²) >= 11 is 0. The standard InChI is InChI=1S/C11H19N3O2/c15-11(8-13-16)12-6-7-14-9-2-1-3-10(14)5-4-9/h9-10H,1-8H2,(H,12,15). The second kappa shape index (κ2) is 5.39. The maximum Gasteiger partial charge on any atom is 0.245 e. The second-order valence-electron chi connectivity index (χ2n) is 4.69. The molecule has 0 aromatic rings. The highest BCUT2D eigenvalue weighted by Gasteiger charge is 2.35. The summed E-state index contributed by atoms with van der Waals surface area (Å²) in [5.74, 6) is -0.264. The fourth-order valence-corrected chi connectivity index (χ4v) is 3.03. The lowest BCUT2D eigenvalue weighted by molar-refractivity contribution is -0.119. The van der Waals surface area contributed by atoms with Gasteiger partial charge in [-0.15, -0.1) is 0 Å². The summed E-state index contributed by atoms with van der Waals surface area (Å²) in [5.41, 5.74) is 0. The molecule has 0 spiro atoms. The lowest BCUT2D eigenvalue weighted by Crippen LogP contribution is -2.44. The van der Waals surface area contributed by atoms with Gasteiger partial charge in [-0.3, -0.25) is 9.69 Å². The van der Waals surface area contributed by atoms with Gasteiger partial charge in [-0.2, -0.15) is 4.91 Å². The van der Waals surface area contributed by atoms with Gasteiger partial charge in [-0.05, 0) is 25.7 Å². The number of carbonyl (C=O) groups is 1. The monoisotopic (exact) mass is 225 g/mol. The minimum atomic E-state index is -0.264. The van der Waals surface area contributed by atoms with Crippen molar-refractivity contribution in [3.8, 4) is 0 Å². The predicted molar refractivity (Wildman–Crippen MR) is 61.0 cm³/mol. The van der Waals surface area contributed by atoms with Gasteiger partial charge in [0.15, 0.2) is 6.54 Å². The van der Waals surface area contributed by atoms with Crippen molar-refractivity contribution in [2.45, 2.75) is 44.2 Å². The van der Waals surface area contributed by atoms with Crippen molar-refractivity contribution in [1.82, 2.24) is 10.2 Å². The summed E-state index contributed by atoms with van der Waals surface area (Å²) in [5, 5.41) is 5.29. The molecule has 5 nitrogen and oxygen atoms in total. The molecule has 2 aliphatic rings. The van der Waals surface area contributed by atoms with Crippen LogP contribution in [0.5, 0.6) is 0 Å². The van der Waals surface area contributed by atoms with Crippen LogP contribution < -0.4 is 5.32 Å². The number of amides is 1. The van der Waals surface area contributed by atoms with E-state index in [1.165, 1.54) is 32.1 Å². The minimum absolute atomic E-state index is 0.257. The van der Waals surface area contributed by atoms with Crippen LogP contribution >= 0.6 is 0 Å². The predicted octanol–water partition coefficient (Wildman–Crippen LogP) is 0.886. The highest BCUT2D eigenvalue weighted by molar-refractivity contribution is 5.78. The Balaban J connectivity index is 1.70. The van der Waals surface area contributed by atoms with Crippen LogP contribution in [-0.2, 0) is 4.79 Å². The van der Waals surface area contributed by atoms with Crippen LogP contribution in [0.2, 0.25) is 0 Å². The molecule has 0 aromatic carbocycles. The van der Waals surface area contributed by atoms with Crippen molar-refractivity contribution < 1.29 is 4.79 Å². The molecular weight excluding hydrogens is 206 g/mol. The SMILES string of the molecule is O=NCC(=O)NCCN1C2CCCC1CC2. The molecule has 2 heterocycles. The number of piperidine rings is 1.